The van der Waals surface area contributed by atoms with Crippen LogP contribution in [-0.2, 0) is 0 Å². The van der Waals surface area contributed by atoms with E-state index in [9.17, 15) is 0 Å². The molecule has 0 saturated heterocycles. The standard InChI is InChI=1S/C17H18N4/c1-3-13(2)12-19-15-6-4-5-14(11-15)16-7-9-18-17-8-10-20-21(16)17/h3-11,19H,12H2,1-2H3/b13-3+. The van der Waals surface area contributed by atoms with Crippen LogP contribution in [0.15, 0.2) is 60.4 Å². The highest BCUT2D eigenvalue weighted by molar-refractivity contribution is 5.67. The molecule has 2 heterocycles. The van der Waals surface area contributed by atoms with Crippen LogP contribution in [0.3, 0.4) is 0 Å². The molecule has 0 atom stereocenters. The van der Waals surface area contributed by atoms with Gasteiger partial charge >= 0.3 is 0 Å². The second kappa shape index (κ2) is 5.79. The van der Waals surface area contributed by atoms with Gasteiger partial charge in [0.25, 0.3) is 0 Å². The van der Waals surface area contributed by atoms with Crippen molar-refractivity contribution in [2.45, 2.75) is 13.8 Å². The summed E-state index contributed by atoms with van der Waals surface area (Å²) in [4.78, 5) is 4.30. The molecule has 4 nitrogen and oxygen atoms in total. The van der Waals surface area contributed by atoms with Crippen molar-refractivity contribution in [2.75, 3.05) is 11.9 Å². The van der Waals surface area contributed by atoms with Gasteiger partial charge in [0.1, 0.15) is 0 Å². The Morgan fingerprint density at radius 2 is 2.14 bits per heavy atom. The molecule has 4 heteroatoms. The van der Waals surface area contributed by atoms with E-state index in [0.717, 1.165) is 29.1 Å². The van der Waals surface area contributed by atoms with Gasteiger partial charge in [-0.05, 0) is 32.0 Å². The monoisotopic (exact) mass is 278 g/mol. The summed E-state index contributed by atoms with van der Waals surface area (Å²) >= 11 is 0. The molecule has 0 unspecified atom stereocenters. The van der Waals surface area contributed by atoms with Crippen LogP contribution in [0.5, 0.6) is 0 Å². The lowest BCUT2D eigenvalue weighted by Crippen LogP contribution is -2.03. The summed E-state index contributed by atoms with van der Waals surface area (Å²) < 4.78 is 1.86. The maximum absolute atomic E-state index is 4.34. The van der Waals surface area contributed by atoms with E-state index in [4.69, 9.17) is 0 Å². The van der Waals surface area contributed by atoms with E-state index < -0.39 is 0 Å². The Labute approximate surface area is 124 Å². The fraction of sp³-hybridized carbons (Fsp3) is 0.176. The zero-order chi connectivity index (χ0) is 14.7. The number of aromatic nitrogens is 3. The van der Waals surface area contributed by atoms with Crippen LogP contribution in [0.2, 0.25) is 0 Å². The molecule has 0 bridgehead atoms. The lowest BCUT2D eigenvalue weighted by Gasteiger charge is -2.09. The first kappa shape index (κ1) is 13.4. The predicted molar refractivity (Wildman–Crippen MR) is 86.3 cm³/mol. The van der Waals surface area contributed by atoms with Crippen LogP contribution in [0, 0.1) is 0 Å². The Bertz CT molecular complexity index is 786. The Kier molecular flexibility index (Phi) is 3.69. The molecule has 3 aromatic rings. The van der Waals surface area contributed by atoms with Crippen LogP contribution in [-0.4, -0.2) is 21.1 Å². The fourth-order valence-electron chi connectivity index (χ4n) is 2.19. The molecule has 1 aromatic carbocycles. The second-order valence-corrected chi connectivity index (χ2v) is 5.00. The summed E-state index contributed by atoms with van der Waals surface area (Å²) in [5.41, 5.74) is 5.44. The van der Waals surface area contributed by atoms with Gasteiger partial charge in [-0.1, -0.05) is 23.8 Å². The third-order valence-corrected chi connectivity index (χ3v) is 3.51. The van der Waals surface area contributed by atoms with Crippen molar-refractivity contribution in [3.8, 4) is 11.3 Å². The van der Waals surface area contributed by atoms with Crippen molar-refractivity contribution < 1.29 is 0 Å². The number of nitrogens with one attached hydrogen (secondary N) is 1. The largest absolute Gasteiger partial charge is 0.381 e. The number of hydrogen-bond acceptors (Lipinski definition) is 3. The predicted octanol–water partition coefficient (Wildman–Crippen LogP) is 3.77. The second-order valence-electron chi connectivity index (χ2n) is 5.00. The normalized spacial score (nSPS) is 11.8. The number of hydrogen-bond donors (Lipinski definition) is 1. The molecule has 0 radical (unpaired) electrons. The summed E-state index contributed by atoms with van der Waals surface area (Å²) in [5.74, 6) is 0. The lowest BCUT2D eigenvalue weighted by atomic mass is 10.1. The molecule has 1 N–H and O–H groups in total. The first-order valence-corrected chi connectivity index (χ1v) is 7.03. The molecular formula is C17H18N4. The average Bonchev–Trinajstić information content (AvgIpc) is 3.01. The molecule has 21 heavy (non-hydrogen) atoms. The van der Waals surface area contributed by atoms with Crippen LogP contribution in [0.25, 0.3) is 16.9 Å². The van der Waals surface area contributed by atoms with Crippen molar-refractivity contribution in [3.05, 3.63) is 60.4 Å². The first-order chi connectivity index (χ1) is 10.3. The molecule has 0 aliphatic heterocycles. The highest BCUT2D eigenvalue weighted by Gasteiger charge is 2.05. The van der Waals surface area contributed by atoms with Gasteiger partial charge in [0.15, 0.2) is 5.65 Å². The van der Waals surface area contributed by atoms with E-state index in [1.54, 1.807) is 6.20 Å². The van der Waals surface area contributed by atoms with Crippen LogP contribution in [0.1, 0.15) is 13.8 Å². The molecular weight excluding hydrogens is 260 g/mol. The molecule has 0 saturated carbocycles. The maximum atomic E-state index is 4.34. The van der Waals surface area contributed by atoms with Gasteiger partial charge in [0.05, 0.1) is 11.9 Å². The van der Waals surface area contributed by atoms with E-state index in [1.807, 2.05) is 22.8 Å². The minimum Gasteiger partial charge on any atom is -0.381 e. The highest BCUT2D eigenvalue weighted by Crippen LogP contribution is 2.22. The SMILES string of the molecule is C/C=C(\C)CNc1cccc(-c2ccnc3ccnn23)c1. The number of anilines is 1. The summed E-state index contributed by atoms with van der Waals surface area (Å²) in [7, 11) is 0. The topological polar surface area (TPSA) is 42.2 Å². The van der Waals surface area contributed by atoms with Gasteiger partial charge in [-0.15, -0.1) is 0 Å². The summed E-state index contributed by atoms with van der Waals surface area (Å²) in [6.45, 7) is 5.03. The summed E-state index contributed by atoms with van der Waals surface area (Å²) in [5, 5.41) is 7.77. The summed E-state index contributed by atoms with van der Waals surface area (Å²) in [6, 6.07) is 12.2. The van der Waals surface area contributed by atoms with Gasteiger partial charge in [-0.2, -0.15) is 5.10 Å². The van der Waals surface area contributed by atoms with Gasteiger partial charge in [0.2, 0.25) is 0 Å². The molecule has 0 spiro atoms. The Morgan fingerprint density at radius 1 is 1.24 bits per heavy atom. The quantitative estimate of drug-likeness (QED) is 0.739. The van der Waals surface area contributed by atoms with E-state index in [2.05, 4.69) is 59.6 Å². The van der Waals surface area contributed by atoms with E-state index in [1.165, 1.54) is 5.57 Å². The molecule has 0 amide bonds. The molecule has 106 valence electrons. The number of nitrogens with zero attached hydrogens (tertiary/aromatic N) is 3. The Balaban J connectivity index is 1.94. The minimum atomic E-state index is 0.855. The van der Waals surface area contributed by atoms with Crippen LogP contribution >= 0.6 is 0 Å². The molecule has 0 fully saturated rings. The van der Waals surface area contributed by atoms with Gasteiger partial charge in [0, 0.05) is 30.1 Å². The maximum Gasteiger partial charge on any atom is 0.155 e. The smallest absolute Gasteiger partial charge is 0.155 e. The fourth-order valence-corrected chi connectivity index (χ4v) is 2.19. The van der Waals surface area contributed by atoms with Gasteiger partial charge in [-0.25, -0.2) is 9.50 Å². The lowest BCUT2D eigenvalue weighted by molar-refractivity contribution is 0.948. The molecule has 3 rings (SSSR count). The third-order valence-electron chi connectivity index (χ3n) is 3.51. The van der Waals surface area contributed by atoms with Crippen LogP contribution < -0.4 is 5.32 Å². The van der Waals surface area contributed by atoms with Crippen molar-refractivity contribution >= 4 is 11.3 Å². The van der Waals surface area contributed by atoms with Crippen molar-refractivity contribution in [1.82, 2.24) is 14.6 Å². The average molecular weight is 278 g/mol. The molecule has 0 aliphatic carbocycles. The first-order valence-electron chi connectivity index (χ1n) is 7.03. The van der Waals surface area contributed by atoms with E-state index >= 15 is 0 Å². The molecule has 2 aromatic heterocycles. The van der Waals surface area contributed by atoms with Crippen molar-refractivity contribution in [3.63, 3.8) is 0 Å². The van der Waals surface area contributed by atoms with Gasteiger partial charge in [-0.3, -0.25) is 0 Å². The van der Waals surface area contributed by atoms with Crippen LogP contribution in [0.4, 0.5) is 5.69 Å². The van der Waals surface area contributed by atoms with Crippen molar-refractivity contribution in [1.29, 1.82) is 0 Å². The number of allylic oxidation sites excluding steroid dienone is 1. The minimum absolute atomic E-state index is 0.855. The summed E-state index contributed by atoms with van der Waals surface area (Å²) in [6.07, 6.45) is 5.70. The highest BCUT2D eigenvalue weighted by atomic mass is 15.2. The third kappa shape index (κ3) is 2.79. The zero-order valence-corrected chi connectivity index (χ0v) is 12.2. The number of rotatable bonds is 4. The zero-order valence-electron chi connectivity index (χ0n) is 12.2. The Morgan fingerprint density at radius 3 is 3.00 bits per heavy atom. The molecule has 0 aliphatic rings. The number of fused-ring (bicyclic) bond motifs is 1. The van der Waals surface area contributed by atoms with E-state index in [-0.39, 0.29) is 0 Å². The van der Waals surface area contributed by atoms with Crippen molar-refractivity contribution in [2.24, 2.45) is 0 Å². The van der Waals surface area contributed by atoms with E-state index in [0.29, 0.717) is 0 Å². The van der Waals surface area contributed by atoms with Gasteiger partial charge < -0.3 is 5.32 Å². The Hall–Kier alpha value is -2.62. The number of benzene rings is 1.